The highest BCUT2D eigenvalue weighted by Crippen LogP contribution is 2.18. The molecule has 4 heteroatoms. The number of benzene rings is 1. The molecule has 1 rings (SSSR count). The van der Waals surface area contributed by atoms with Crippen molar-refractivity contribution in [2.75, 3.05) is 0 Å². The molecule has 4 nitrogen and oxygen atoms in total. The smallest absolute Gasteiger partial charge is 0.337 e. The Kier molecular flexibility index (Phi) is 3.79. The number of carboxylic acids is 1. The van der Waals surface area contributed by atoms with Gasteiger partial charge in [0.05, 0.1) is 0 Å². The van der Waals surface area contributed by atoms with Gasteiger partial charge in [-0.2, -0.15) is 0 Å². The number of aliphatic carboxylic acids is 1. The molecule has 2 N–H and O–H groups in total. The second-order valence-electron chi connectivity index (χ2n) is 3.65. The molecule has 0 radical (unpaired) electrons. The summed E-state index contributed by atoms with van der Waals surface area (Å²) in [6, 6.07) is 4.67. The van der Waals surface area contributed by atoms with Gasteiger partial charge in [-0.1, -0.05) is 18.6 Å². The molecular formula is C12H14O4. The molecule has 0 bridgehead atoms. The number of ketones is 1. The molecule has 0 aliphatic heterocycles. The van der Waals surface area contributed by atoms with Crippen LogP contribution in [0.25, 0.3) is 0 Å². The first-order valence-electron chi connectivity index (χ1n) is 5.01. The van der Waals surface area contributed by atoms with E-state index in [0.29, 0.717) is 12.0 Å². The van der Waals surface area contributed by atoms with Crippen molar-refractivity contribution >= 4 is 11.8 Å². The summed E-state index contributed by atoms with van der Waals surface area (Å²) >= 11 is 0. The lowest BCUT2D eigenvalue weighted by atomic mass is 9.99. The Morgan fingerprint density at radius 3 is 2.44 bits per heavy atom. The highest BCUT2D eigenvalue weighted by molar-refractivity contribution is 5.96. The number of aryl methyl sites for hydroxylation is 1. The van der Waals surface area contributed by atoms with Crippen LogP contribution in [0.15, 0.2) is 18.2 Å². The summed E-state index contributed by atoms with van der Waals surface area (Å²) in [5, 5.41) is 18.1. The molecule has 16 heavy (non-hydrogen) atoms. The van der Waals surface area contributed by atoms with E-state index < -0.39 is 12.1 Å². The largest absolute Gasteiger partial charge is 0.479 e. The zero-order valence-corrected chi connectivity index (χ0v) is 9.23. The van der Waals surface area contributed by atoms with E-state index in [1.807, 2.05) is 0 Å². The molecule has 0 aliphatic rings. The monoisotopic (exact) mass is 222 g/mol. The van der Waals surface area contributed by atoms with Crippen molar-refractivity contribution in [3.05, 3.63) is 34.9 Å². The standard InChI is InChI=1S/C12H14O4/c1-3-10(13)8-4-7(2)5-9(6-8)11(14)12(15)16/h4-6,11,14H,3H2,1-2H3,(H,15,16). The minimum absolute atomic E-state index is 0.0671. The van der Waals surface area contributed by atoms with Crippen LogP contribution < -0.4 is 0 Å². The van der Waals surface area contributed by atoms with Gasteiger partial charge in [0.25, 0.3) is 0 Å². The number of Topliss-reactive ketones (excluding diaryl/α,β-unsaturated/α-hetero) is 1. The van der Waals surface area contributed by atoms with Gasteiger partial charge in [-0.25, -0.2) is 4.79 Å². The van der Waals surface area contributed by atoms with Crippen LogP contribution in [-0.4, -0.2) is 22.0 Å². The van der Waals surface area contributed by atoms with E-state index in [0.717, 1.165) is 5.56 Å². The summed E-state index contributed by atoms with van der Waals surface area (Å²) < 4.78 is 0. The van der Waals surface area contributed by atoms with E-state index in [9.17, 15) is 14.7 Å². The lowest BCUT2D eigenvalue weighted by Gasteiger charge is -2.09. The summed E-state index contributed by atoms with van der Waals surface area (Å²) in [6.07, 6.45) is -1.23. The van der Waals surface area contributed by atoms with Gasteiger partial charge in [-0.15, -0.1) is 0 Å². The average molecular weight is 222 g/mol. The Morgan fingerprint density at radius 2 is 1.94 bits per heavy atom. The van der Waals surface area contributed by atoms with Gasteiger partial charge in [-0.3, -0.25) is 4.79 Å². The van der Waals surface area contributed by atoms with E-state index in [-0.39, 0.29) is 11.3 Å². The number of carbonyl (C=O) groups excluding carboxylic acids is 1. The van der Waals surface area contributed by atoms with Gasteiger partial charge in [0.1, 0.15) is 0 Å². The van der Waals surface area contributed by atoms with Crippen molar-refractivity contribution in [2.45, 2.75) is 26.4 Å². The van der Waals surface area contributed by atoms with Crippen LogP contribution >= 0.6 is 0 Å². The van der Waals surface area contributed by atoms with Gasteiger partial charge in [-0.05, 0) is 24.6 Å². The lowest BCUT2D eigenvalue weighted by molar-refractivity contribution is -0.146. The normalized spacial score (nSPS) is 12.2. The molecule has 86 valence electrons. The van der Waals surface area contributed by atoms with E-state index in [2.05, 4.69) is 0 Å². The van der Waals surface area contributed by atoms with Crippen molar-refractivity contribution in [3.8, 4) is 0 Å². The van der Waals surface area contributed by atoms with Crippen molar-refractivity contribution in [2.24, 2.45) is 0 Å². The predicted octanol–water partition coefficient (Wildman–Crippen LogP) is 1.71. The molecule has 0 amide bonds. The maximum absolute atomic E-state index is 11.5. The van der Waals surface area contributed by atoms with E-state index in [1.165, 1.54) is 6.07 Å². The number of aliphatic hydroxyl groups excluding tert-OH is 1. The third-order valence-electron chi connectivity index (χ3n) is 2.29. The second-order valence-corrected chi connectivity index (χ2v) is 3.65. The summed E-state index contributed by atoms with van der Waals surface area (Å²) in [7, 11) is 0. The van der Waals surface area contributed by atoms with Crippen LogP contribution in [0.5, 0.6) is 0 Å². The summed E-state index contributed by atoms with van der Waals surface area (Å²) in [5.41, 5.74) is 1.44. The molecule has 0 heterocycles. The number of rotatable bonds is 4. The van der Waals surface area contributed by atoms with Crippen LogP contribution in [0.4, 0.5) is 0 Å². The number of hydrogen-bond donors (Lipinski definition) is 2. The Labute approximate surface area is 93.5 Å². The maximum Gasteiger partial charge on any atom is 0.337 e. The second kappa shape index (κ2) is 4.90. The predicted molar refractivity (Wildman–Crippen MR) is 58.4 cm³/mol. The highest BCUT2D eigenvalue weighted by atomic mass is 16.4. The third-order valence-corrected chi connectivity index (χ3v) is 2.29. The van der Waals surface area contributed by atoms with Gasteiger partial charge in [0.15, 0.2) is 11.9 Å². The Morgan fingerprint density at radius 1 is 1.31 bits per heavy atom. The van der Waals surface area contributed by atoms with Crippen LogP contribution in [0, 0.1) is 6.92 Å². The molecular weight excluding hydrogens is 208 g/mol. The van der Waals surface area contributed by atoms with Crippen LogP contribution in [0.3, 0.4) is 0 Å². The fraction of sp³-hybridized carbons (Fsp3) is 0.333. The Balaban J connectivity index is 3.17. The van der Waals surface area contributed by atoms with E-state index >= 15 is 0 Å². The molecule has 0 aliphatic carbocycles. The van der Waals surface area contributed by atoms with Crippen molar-refractivity contribution in [1.82, 2.24) is 0 Å². The lowest BCUT2D eigenvalue weighted by Crippen LogP contribution is -2.11. The molecule has 1 aromatic rings. The van der Waals surface area contributed by atoms with Crippen LogP contribution in [-0.2, 0) is 4.79 Å². The van der Waals surface area contributed by atoms with Gasteiger partial charge in [0, 0.05) is 12.0 Å². The summed E-state index contributed by atoms with van der Waals surface area (Å²) in [6.45, 7) is 3.49. The first kappa shape index (κ1) is 12.4. The minimum Gasteiger partial charge on any atom is -0.479 e. The zero-order chi connectivity index (χ0) is 12.3. The van der Waals surface area contributed by atoms with Crippen molar-refractivity contribution in [3.63, 3.8) is 0 Å². The Hall–Kier alpha value is -1.68. The maximum atomic E-state index is 11.5. The van der Waals surface area contributed by atoms with E-state index in [1.54, 1.807) is 26.0 Å². The fourth-order valence-electron chi connectivity index (χ4n) is 1.48. The number of carbonyl (C=O) groups is 2. The summed E-state index contributed by atoms with van der Waals surface area (Å²) in [4.78, 5) is 22.1. The van der Waals surface area contributed by atoms with Crippen LogP contribution in [0.2, 0.25) is 0 Å². The molecule has 1 atom stereocenters. The molecule has 0 spiro atoms. The topological polar surface area (TPSA) is 74.6 Å². The van der Waals surface area contributed by atoms with Gasteiger partial charge < -0.3 is 10.2 Å². The van der Waals surface area contributed by atoms with Gasteiger partial charge in [0.2, 0.25) is 0 Å². The fourth-order valence-corrected chi connectivity index (χ4v) is 1.48. The van der Waals surface area contributed by atoms with E-state index in [4.69, 9.17) is 5.11 Å². The minimum atomic E-state index is -1.58. The summed E-state index contributed by atoms with van der Waals surface area (Å²) in [5.74, 6) is -1.39. The molecule has 0 aromatic heterocycles. The molecule has 1 aromatic carbocycles. The number of carboxylic acid groups (broad SMARTS) is 1. The zero-order valence-electron chi connectivity index (χ0n) is 9.23. The van der Waals surface area contributed by atoms with Crippen molar-refractivity contribution in [1.29, 1.82) is 0 Å². The van der Waals surface area contributed by atoms with Gasteiger partial charge >= 0.3 is 5.97 Å². The Bertz CT molecular complexity index is 423. The molecule has 0 saturated heterocycles. The quantitative estimate of drug-likeness (QED) is 0.760. The first-order valence-corrected chi connectivity index (χ1v) is 5.01. The first-order chi connectivity index (χ1) is 7.45. The molecule has 0 fully saturated rings. The van der Waals surface area contributed by atoms with Crippen LogP contribution in [0.1, 0.15) is 40.9 Å². The average Bonchev–Trinajstić information content (AvgIpc) is 2.25. The third kappa shape index (κ3) is 2.67. The molecule has 0 saturated carbocycles. The number of hydrogen-bond acceptors (Lipinski definition) is 3. The SMILES string of the molecule is CCC(=O)c1cc(C)cc(C(O)C(=O)O)c1. The molecule has 1 unspecified atom stereocenters. The van der Waals surface area contributed by atoms with Crippen molar-refractivity contribution < 1.29 is 19.8 Å². The highest BCUT2D eigenvalue weighted by Gasteiger charge is 2.17. The number of aliphatic hydroxyl groups is 1.